The predicted octanol–water partition coefficient (Wildman–Crippen LogP) is 3.54. The molecule has 0 aliphatic carbocycles. The fraction of sp³-hybridized carbons (Fsp3) is 1.00. The van der Waals surface area contributed by atoms with Gasteiger partial charge in [0.25, 0.3) is 0 Å². The first-order valence-electron chi connectivity index (χ1n) is 4.13. The van der Waals surface area contributed by atoms with Gasteiger partial charge in [0.2, 0.25) is 0 Å². The Morgan fingerprint density at radius 3 is 0.818 bits per heavy atom. The Bertz CT molecular complexity index is 119. The minimum absolute atomic E-state index is 0.597. The van der Waals surface area contributed by atoms with E-state index in [-0.39, 0.29) is 0 Å². The van der Waals surface area contributed by atoms with Crippen molar-refractivity contribution in [3.05, 3.63) is 0 Å². The highest BCUT2D eigenvalue weighted by atomic mass is 31.2. The van der Waals surface area contributed by atoms with Crippen LogP contribution in [0.4, 0.5) is 0 Å². The van der Waals surface area contributed by atoms with Crippen LogP contribution in [-0.4, -0.2) is 44.9 Å². The molecule has 0 aromatic heterocycles. The van der Waals surface area contributed by atoms with E-state index in [0.717, 1.165) is 0 Å². The van der Waals surface area contributed by atoms with Crippen LogP contribution in [0.15, 0.2) is 0 Å². The summed E-state index contributed by atoms with van der Waals surface area (Å²) in [6.45, 7) is 19.6. The predicted molar refractivity (Wildman–Crippen MR) is 63.5 cm³/mol. The third-order valence-corrected chi connectivity index (χ3v) is 13.4. The summed E-state index contributed by atoms with van der Waals surface area (Å²) in [5, 5.41) is 0. The minimum atomic E-state index is -0.691. The normalized spacial score (nSPS) is 15.3. The van der Waals surface area contributed by atoms with Gasteiger partial charge in [-0.1, -0.05) is 0 Å². The van der Waals surface area contributed by atoms with Crippen molar-refractivity contribution < 1.29 is 0 Å². The quantitative estimate of drug-likeness (QED) is 0.590. The summed E-state index contributed by atoms with van der Waals surface area (Å²) in [6.07, 6.45) is 0. The summed E-state index contributed by atoms with van der Waals surface area (Å²) in [7, 11) is -1.38. The van der Waals surface area contributed by atoms with Crippen molar-refractivity contribution in [1.82, 2.24) is 0 Å². The van der Waals surface area contributed by atoms with Crippen molar-refractivity contribution in [2.45, 2.75) is 18.7 Å². The summed E-state index contributed by atoms with van der Waals surface area (Å²) >= 11 is 0. The lowest BCUT2D eigenvalue weighted by Crippen LogP contribution is -2.25. The Kier molecular flexibility index (Phi) is 3.20. The Hall–Kier alpha value is 0.860. The summed E-state index contributed by atoms with van der Waals surface area (Å²) in [5.41, 5.74) is 0. The van der Waals surface area contributed by atoms with Gasteiger partial charge in [-0.3, -0.25) is 0 Å². The van der Waals surface area contributed by atoms with E-state index in [2.05, 4.69) is 53.8 Å². The van der Waals surface area contributed by atoms with Crippen molar-refractivity contribution in [2.75, 3.05) is 40.0 Å². The third kappa shape index (κ3) is 2.40. The first kappa shape index (κ1) is 11.9. The average molecular weight is 194 g/mol. The van der Waals surface area contributed by atoms with Crippen molar-refractivity contribution in [3.63, 3.8) is 0 Å². The van der Waals surface area contributed by atoms with E-state index in [9.17, 15) is 0 Å². The molecular formula is C9H24P2+2. The second-order valence-electron chi connectivity index (χ2n) is 5.52. The molecule has 2 heteroatoms. The van der Waals surface area contributed by atoms with Gasteiger partial charge in [0.1, 0.15) is 0 Å². The van der Waals surface area contributed by atoms with E-state index in [0.29, 0.717) is 4.90 Å². The summed E-state index contributed by atoms with van der Waals surface area (Å²) < 4.78 is 0. The van der Waals surface area contributed by atoms with Crippen LogP contribution >= 0.6 is 14.5 Å². The van der Waals surface area contributed by atoms with E-state index < -0.39 is 14.5 Å². The molecule has 0 saturated heterocycles. The van der Waals surface area contributed by atoms with Gasteiger partial charge < -0.3 is 0 Å². The molecule has 0 nitrogen and oxygen atoms in total. The van der Waals surface area contributed by atoms with Gasteiger partial charge in [0.05, 0.1) is 40.0 Å². The van der Waals surface area contributed by atoms with Crippen molar-refractivity contribution in [1.29, 1.82) is 0 Å². The van der Waals surface area contributed by atoms with Crippen LogP contribution in [0, 0.1) is 0 Å². The van der Waals surface area contributed by atoms with Gasteiger partial charge >= 0.3 is 0 Å². The minimum Gasteiger partial charge on any atom is 0.00930 e. The van der Waals surface area contributed by atoms with Gasteiger partial charge in [0, 0.05) is 28.4 Å². The van der Waals surface area contributed by atoms with Crippen molar-refractivity contribution in [3.8, 4) is 0 Å². The SMILES string of the molecule is CC(C)([P+](C)(C)C)[P+](C)(C)C. The molecule has 0 bridgehead atoms. The van der Waals surface area contributed by atoms with Crippen LogP contribution in [0.2, 0.25) is 0 Å². The van der Waals surface area contributed by atoms with E-state index in [4.69, 9.17) is 0 Å². The highest BCUT2D eigenvalue weighted by molar-refractivity contribution is 7.92. The lowest BCUT2D eigenvalue weighted by atomic mass is 10.5. The highest BCUT2D eigenvalue weighted by Crippen LogP contribution is 2.78. The van der Waals surface area contributed by atoms with E-state index >= 15 is 0 Å². The summed E-state index contributed by atoms with van der Waals surface area (Å²) in [6, 6.07) is 0. The molecule has 11 heavy (non-hydrogen) atoms. The maximum atomic E-state index is 2.46. The first-order chi connectivity index (χ1) is 4.50. The van der Waals surface area contributed by atoms with Crippen LogP contribution in [0.5, 0.6) is 0 Å². The molecule has 0 atom stereocenters. The number of rotatable bonds is 2. The molecule has 0 aromatic carbocycles. The summed E-state index contributed by atoms with van der Waals surface area (Å²) in [5.74, 6) is 0. The zero-order valence-corrected chi connectivity index (χ0v) is 11.2. The lowest BCUT2D eigenvalue weighted by Gasteiger charge is -2.37. The smallest absolute Gasteiger partial charge is 0.00930 e. The maximum absolute atomic E-state index is 2.46. The Balaban J connectivity index is 4.75. The fourth-order valence-electron chi connectivity index (χ4n) is 0.900. The topological polar surface area (TPSA) is 0 Å². The Morgan fingerprint density at radius 2 is 0.818 bits per heavy atom. The highest BCUT2D eigenvalue weighted by Gasteiger charge is 2.54. The zero-order valence-electron chi connectivity index (χ0n) is 9.39. The van der Waals surface area contributed by atoms with E-state index in [1.807, 2.05) is 0 Å². The molecule has 0 fully saturated rings. The Labute approximate surface area is 73.8 Å². The molecule has 0 saturated carbocycles. The average Bonchev–Trinajstić information content (AvgIpc) is 1.58. The number of hydrogen-bond donors (Lipinski definition) is 0. The van der Waals surface area contributed by atoms with Gasteiger partial charge in [0.15, 0.2) is 4.90 Å². The molecule has 0 N–H and O–H groups in total. The maximum Gasteiger partial charge on any atom is 0.170 e. The molecule has 68 valence electrons. The van der Waals surface area contributed by atoms with Crippen LogP contribution in [0.1, 0.15) is 13.8 Å². The molecule has 0 amide bonds. The van der Waals surface area contributed by atoms with Crippen LogP contribution < -0.4 is 0 Å². The summed E-state index contributed by atoms with van der Waals surface area (Å²) in [4.78, 5) is 0.597. The van der Waals surface area contributed by atoms with Gasteiger partial charge in [-0.25, -0.2) is 0 Å². The van der Waals surface area contributed by atoms with Crippen LogP contribution in [-0.2, 0) is 0 Å². The molecule has 0 heterocycles. The number of hydrogen-bond acceptors (Lipinski definition) is 0. The molecular weight excluding hydrogens is 170 g/mol. The Morgan fingerprint density at radius 1 is 0.636 bits per heavy atom. The molecule has 0 aromatic rings. The lowest BCUT2D eigenvalue weighted by molar-refractivity contribution is 0.965. The molecule has 0 spiro atoms. The molecule has 0 rings (SSSR count). The van der Waals surface area contributed by atoms with Gasteiger partial charge in [-0.15, -0.1) is 0 Å². The largest absolute Gasteiger partial charge is 0.170 e. The monoisotopic (exact) mass is 194 g/mol. The van der Waals surface area contributed by atoms with E-state index in [1.165, 1.54) is 0 Å². The second-order valence-corrected chi connectivity index (χ2v) is 16.2. The third-order valence-electron chi connectivity index (χ3n) is 3.28. The molecule has 0 radical (unpaired) electrons. The van der Waals surface area contributed by atoms with Crippen LogP contribution in [0.25, 0.3) is 0 Å². The van der Waals surface area contributed by atoms with Gasteiger partial charge in [-0.2, -0.15) is 0 Å². The fourth-order valence-corrected chi connectivity index (χ4v) is 8.10. The van der Waals surface area contributed by atoms with Gasteiger partial charge in [-0.05, 0) is 0 Å². The van der Waals surface area contributed by atoms with E-state index in [1.54, 1.807) is 0 Å². The molecule has 0 aliphatic rings. The van der Waals surface area contributed by atoms with Crippen molar-refractivity contribution in [2.24, 2.45) is 0 Å². The molecule has 0 aliphatic heterocycles. The first-order valence-corrected chi connectivity index (χ1v) is 10.4. The standard InChI is InChI=1S/C9H24P2/c1-9(2,10(3,4)5)11(6,7)8/h1-8H3/q+2. The van der Waals surface area contributed by atoms with Crippen molar-refractivity contribution >= 4 is 14.5 Å². The molecule has 0 unspecified atom stereocenters. The second kappa shape index (κ2) is 2.97. The van der Waals surface area contributed by atoms with Crippen LogP contribution in [0.3, 0.4) is 0 Å². The zero-order chi connectivity index (χ0) is 9.50.